The largest absolute Gasteiger partial charge is 0.507 e. The third-order valence-electron chi connectivity index (χ3n) is 2.35. The minimum absolute atomic E-state index is 0.0694. The van der Waals surface area contributed by atoms with Crippen molar-refractivity contribution in [3.8, 4) is 22.4 Å². The molecule has 0 fully saturated rings. The van der Waals surface area contributed by atoms with Gasteiger partial charge in [0.15, 0.2) is 0 Å². The van der Waals surface area contributed by atoms with E-state index in [0.717, 1.165) is 0 Å². The van der Waals surface area contributed by atoms with Crippen LogP contribution >= 0.6 is 24.0 Å². The highest BCUT2D eigenvalue weighted by molar-refractivity contribution is 7.97. The first-order chi connectivity index (χ1) is 8.52. The van der Waals surface area contributed by atoms with E-state index >= 15 is 0 Å². The maximum absolute atomic E-state index is 11.2. The van der Waals surface area contributed by atoms with E-state index in [-0.39, 0.29) is 16.4 Å². The maximum Gasteiger partial charge on any atom is 0.228 e. The number of nitrogens with zero attached hydrogens (tertiary/aromatic N) is 2. The van der Waals surface area contributed by atoms with E-state index in [2.05, 4.69) is 17.6 Å². The summed E-state index contributed by atoms with van der Waals surface area (Å²) in [6.45, 7) is 1.73. The second-order valence-electron chi connectivity index (χ2n) is 3.58. The number of hydrogen-bond acceptors (Lipinski definition) is 5. The Balaban J connectivity index is 2.53. The molecule has 90 valence electrons. The molecule has 0 aliphatic carbocycles. The Morgan fingerprint density at radius 1 is 1.56 bits per heavy atom. The van der Waals surface area contributed by atoms with Crippen LogP contribution in [0.15, 0.2) is 18.2 Å². The summed E-state index contributed by atoms with van der Waals surface area (Å²) in [6.07, 6.45) is 0. The molecule has 0 spiro atoms. The quantitative estimate of drug-likeness (QED) is 0.827. The molecule has 0 aliphatic rings. The number of phenols is 1. The zero-order chi connectivity index (χ0) is 13.3. The Kier molecular flexibility index (Phi) is 3.36. The molecule has 1 N–H and O–H groups in total. The molecular formula is C12H8N2O2S2. The molecule has 1 heterocycles. The lowest BCUT2D eigenvalue weighted by Crippen LogP contribution is -1.86. The topological polar surface area (TPSA) is 74.0 Å². The average molecular weight is 276 g/mol. The Labute approximate surface area is 113 Å². The fourth-order valence-electron chi connectivity index (χ4n) is 1.48. The molecule has 0 bridgehead atoms. The molecule has 2 aromatic rings. The fourth-order valence-corrected chi connectivity index (χ4v) is 2.68. The van der Waals surface area contributed by atoms with Crippen LogP contribution in [0.3, 0.4) is 0 Å². The highest BCUT2D eigenvalue weighted by Crippen LogP contribution is 2.31. The number of carbonyl (C=O) groups is 1. The molecule has 0 saturated carbocycles. The van der Waals surface area contributed by atoms with Crippen molar-refractivity contribution < 1.29 is 9.90 Å². The lowest BCUT2D eigenvalue weighted by molar-refractivity contribution is 0.109. The van der Waals surface area contributed by atoms with Crippen LogP contribution in [0.25, 0.3) is 10.6 Å². The minimum atomic E-state index is -0.324. The van der Waals surface area contributed by atoms with Crippen LogP contribution in [0, 0.1) is 18.3 Å². The summed E-state index contributed by atoms with van der Waals surface area (Å²) < 4.78 is 0. The van der Waals surface area contributed by atoms with E-state index in [1.807, 2.05) is 6.07 Å². The summed E-state index contributed by atoms with van der Waals surface area (Å²) in [7, 11) is 0. The summed E-state index contributed by atoms with van der Waals surface area (Å²) >= 11 is 4.99. The number of hydrogen-bond donors (Lipinski definition) is 2. The number of rotatable bonds is 2. The number of thiol groups is 1. The molecule has 0 saturated heterocycles. The molecule has 6 heteroatoms. The predicted octanol–water partition coefficient (Wildman–Crippen LogP) is 2.77. The molecule has 0 aliphatic heterocycles. The number of phenolic OH excluding ortho intramolecular Hbond substituents is 1. The minimum Gasteiger partial charge on any atom is -0.507 e. The lowest BCUT2D eigenvalue weighted by atomic mass is 10.1. The van der Waals surface area contributed by atoms with Crippen molar-refractivity contribution in [3.05, 3.63) is 34.3 Å². The van der Waals surface area contributed by atoms with Gasteiger partial charge >= 0.3 is 0 Å². The third-order valence-corrected chi connectivity index (χ3v) is 3.93. The van der Waals surface area contributed by atoms with Crippen molar-refractivity contribution in [3.63, 3.8) is 0 Å². The molecular weight excluding hydrogens is 268 g/mol. The van der Waals surface area contributed by atoms with Gasteiger partial charge in [0.2, 0.25) is 5.12 Å². The van der Waals surface area contributed by atoms with Crippen LogP contribution < -0.4 is 0 Å². The van der Waals surface area contributed by atoms with Gasteiger partial charge in [-0.05, 0) is 25.1 Å². The molecule has 18 heavy (non-hydrogen) atoms. The summed E-state index contributed by atoms with van der Waals surface area (Å²) in [6, 6.07) is 6.53. The van der Waals surface area contributed by atoms with E-state index in [9.17, 15) is 9.90 Å². The van der Waals surface area contributed by atoms with Gasteiger partial charge in [0.25, 0.3) is 0 Å². The van der Waals surface area contributed by atoms with Gasteiger partial charge in [0, 0.05) is 5.56 Å². The van der Waals surface area contributed by atoms with Gasteiger partial charge in [-0.1, -0.05) is 12.6 Å². The first-order valence-corrected chi connectivity index (χ1v) is 6.23. The number of aromatic nitrogens is 1. The van der Waals surface area contributed by atoms with Gasteiger partial charge < -0.3 is 5.11 Å². The predicted molar refractivity (Wildman–Crippen MR) is 72.0 cm³/mol. The van der Waals surface area contributed by atoms with E-state index in [0.29, 0.717) is 21.1 Å². The number of thiazole rings is 1. The molecule has 0 radical (unpaired) electrons. The Morgan fingerprint density at radius 2 is 2.28 bits per heavy atom. The fraction of sp³-hybridized carbons (Fsp3) is 0.0833. The molecule has 0 unspecified atom stereocenters. The van der Waals surface area contributed by atoms with Crippen LogP contribution in [0.5, 0.6) is 5.75 Å². The summed E-state index contributed by atoms with van der Waals surface area (Å²) in [5.41, 5.74) is 1.49. The monoisotopic (exact) mass is 276 g/mol. The second kappa shape index (κ2) is 4.80. The first kappa shape index (κ1) is 12.6. The van der Waals surface area contributed by atoms with Crippen molar-refractivity contribution in [2.75, 3.05) is 0 Å². The number of aryl methyl sites for hydroxylation is 1. The highest BCUT2D eigenvalue weighted by Gasteiger charge is 2.14. The zero-order valence-corrected chi connectivity index (χ0v) is 11.0. The van der Waals surface area contributed by atoms with Gasteiger partial charge in [-0.2, -0.15) is 5.26 Å². The standard InChI is InChI=1S/C12H8N2O2S2/c1-6-10(12(16)17)18-11(14-6)7-2-3-9(15)8(4-7)5-13/h2-4,15H,1H3,(H,16,17). The Hall–Kier alpha value is -1.84. The van der Waals surface area contributed by atoms with Crippen LogP contribution in [0.2, 0.25) is 0 Å². The molecule has 1 aromatic carbocycles. The molecule has 4 nitrogen and oxygen atoms in total. The maximum atomic E-state index is 11.2. The van der Waals surface area contributed by atoms with Gasteiger partial charge in [0.05, 0.1) is 11.3 Å². The van der Waals surface area contributed by atoms with Crippen LogP contribution in [0.1, 0.15) is 20.9 Å². The van der Waals surface area contributed by atoms with E-state index in [1.165, 1.54) is 17.4 Å². The number of benzene rings is 1. The molecule has 2 rings (SSSR count). The third kappa shape index (κ3) is 2.23. The smallest absolute Gasteiger partial charge is 0.228 e. The van der Waals surface area contributed by atoms with Crippen LogP contribution in [-0.2, 0) is 0 Å². The van der Waals surface area contributed by atoms with Crippen molar-refractivity contribution in [2.24, 2.45) is 0 Å². The van der Waals surface area contributed by atoms with Crippen LogP contribution in [-0.4, -0.2) is 15.2 Å². The van der Waals surface area contributed by atoms with Crippen molar-refractivity contribution >= 4 is 29.1 Å². The molecule has 1 aromatic heterocycles. The first-order valence-electron chi connectivity index (χ1n) is 4.97. The van der Waals surface area contributed by atoms with E-state index < -0.39 is 0 Å². The average Bonchev–Trinajstić information content (AvgIpc) is 2.72. The van der Waals surface area contributed by atoms with Gasteiger partial charge in [-0.25, -0.2) is 4.98 Å². The van der Waals surface area contributed by atoms with Crippen LogP contribution in [0.4, 0.5) is 0 Å². The SMILES string of the molecule is Cc1nc(-c2ccc(O)c(C#N)c2)sc1C(=O)S. The second-order valence-corrected chi connectivity index (χ2v) is 4.99. The number of aromatic hydroxyl groups is 1. The molecule has 0 amide bonds. The lowest BCUT2D eigenvalue weighted by Gasteiger charge is -1.99. The molecule has 0 atom stereocenters. The van der Waals surface area contributed by atoms with Gasteiger partial charge in [-0.3, -0.25) is 4.79 Å². The van der Waals surface area contributed by atoms with Crippen molar-refractivity contribution in [1.82, 2.24) is 4.98 Å². The summed E-state index contributed by atoms with van der Waals surface area (Å²) in [5, 5.41) is 18.6. The van der Waals surface area contributed by atoms with Gasteiger partial charge in [-0.15, -0.1) is 11.3 Å². The van der Waals surface area contributed by atoms with E-state index in [1.54, 1.807) is 19.1 Å². The van der Waals surface area contributed by atoms with Gasteiger partial charge in [0.1, 0.15) is 21.7 Å². The summed E-state index contributed by atoms with van der Waals surface area (Å²) in [4.78, 5) is 16.0. The van der Waals surface area contributed by atoms with E-state index in [4.69, 9.17) is 5.26 Å². The highest BCUT2D eigenvalue weighted by atomic mass is 32.1. The number of nitriles is 1. The number of carbonyl (C=O) groups excluding carboxylic acids is 1. The zero-order valence-electron chi connectivity index (χ0n) is 9.34. The van der Waals surface area contributed by atoms with Crippen molar-refractivity contribution in [2.45, 2.75) is 6.92 Å². The Morgan fingerprint density at radius 3 is 2.83 bits per heavy atom. The Bertz CT molecular complexity index is 671. The summed E-state index contributed by atoms with van der Waals surface area (Å²) in [5.74, 6) is -0.0694. The van der Waals surface area contributed by atoms with Crippen molar-refractivity contribution in [1.29, 1.82) is 5.26 Å². The normalized spacial score (nSPS) is 10.1.